The molecule has 5 aromatic rings. The lowest BCUT2D eigenvalue weighted by Gasteiger charge is -2.30. The van der Waals surface area contributed by atoms with Gasteiger partial charge in [0.1, 0.15) is 5.75 Å². The summed E-state index contributed by atoms with van der Waals surface area (Å²) in [5.74, 6) is -0.803. The molecule has 0 aliphatic carbocycles. The third-order valence-corrected chi connectivity index (χ3v) is 6.72. The van der Waals surface area contributed by atoms with Crippen LogP contribution in [0.25, 0.3) is 21.5 Å². The minimum absolute atomic E-state index is 0.0221. The van der Waals surface area contributed by atoms with E-state index in [0.29, 0.717) is 33.2 Å². The van der Waals surface area contributed by atoms with Crippen LogP contribution in [0.3, 0.4) is 0 Å². The smallest absolute Gasteiger partial charge is 0.308 e. The molecule has 0 bridgehead atoms. The van der Waals surface area contributed by atoms with Crippen LogP contribution in [-0.2, 0) is 15.2 Å². The van der Waals surface area contributed by atoms with Gasteiger partial charge in [0.15, 0.2) is 11.5 Å². The summed E-state index contributed by atoms with van der Waals surface area (Å²) in [6.45, 7) is 2.54. The molecule has 6 nitrogen and oxygen atoms in total. The Balaban J connectivity index is 1.72. The fraction of sp³-hybridized carbons (Fsp3) is 0.0938. The molecule has 0 fully saturated rings. The fourth-order valence-electron chi connectivity index (χ4n) is 5.21. The van der Waals surface area contributed by atoms with Crippen molar-refractivity contribution in [3.63, 3.8) is 0 Å². The van der Waals surface area contributed by atoms with Gasteiger partial charge in [-0.15, -0.1) is 0 Å². The Kier molecular flexibility index (Phi) is 5.46. The molecule has 0 saturated carbocycles. The minimum Gasteiger partial charge on any atom is -0.468 e. The van der Waals surface area contributed by atoms with Crippen molar-refractivity contribution in [2.24, 2.45) is 0 Å². The molecule has 1 atom stereocenters. The van der Waals surface area contributed by atoms with Crippen LogP contribution in [0, 0.1) is 0 Å². The summed E-state index contributed by atoms with van der Waals surface area (Å²) in [5, 5.41) is 2.88. The Morgan fingerprint density at radius 3 is 2.05 bits per heavy atom. The number of carbonyl (C=O) groups is 3. The predicted molar refractivity (Wildman–Crippen MR) is 143 cm³/mol. The van der Waals surface area contributed by atoms with Crippen molar-refractivity contribution >= 4 is 39.3 Å². The molecule has 0 amide bonds. The van der Waals surface area contributed by atoms with Crippen molar-refractivity contribution in [3.05, 3.63) is 114 Å². The van der Waals surface area contributed by atoms with Crippen molar-refractivity contribution in [3.8, 4) is 17.2 Å². The lowest BCUT2D eigenvalue weighted by Crippen LogP contribution is -2.38. The lowest BCUT2D eigenvalue weighted by atomic mass is 9.79. The molecule has 0 unspecified atom stereocenters. The van der Waals surface area contributed by atoms with Crippen LogP contribution in [0.5, 0.6) is 17.2 Å². The van der Waals surface area contributed by atoms with Crippen LogP contribution in [0.15, 0.2) is 97.1 Å². The molecule has 0 N–H and O–H groups in total. The van der Waals surface area contributed by atoms with Crippen molar-refractivity contribution in [1.29, 1.82) is 0 Å². The number of hydrogen-bond donors (Lipinski definition) is 0. The first kappa shape index (κ1) is 23.4. The Bertz CT molecular complexity index is 1770. The van der Waals surface area contributed by atoms with Crippen LogP contribution in [0.1, 0.15) is 35.3 Å². The summed E-state index contributed by atoms with van der Waals surface area (Å²) in [4.78, 5) is 38.6. The highest BCUT2D eigenvalue weighted by Gasteiger charge is 2.52. The summed E-state index contributed by atoms with van der Waals surface area (Å²) in [6.07, 6.45) is 0. The molecule has 1 heterocycles. The Hall–Kier alpha value is -4.97. The van der Waals surface area contributed by atoms with E-state index in [1.54, 1.807) is 24.3 Å². The lowest BCUT2D eigenvalue weighted by molar-refractivity contribution is -0.134. The molecule has 0 aromatic heterocycles. The van der Waals surface area contributed by atoms with Gasteiger partial charge in [-0.1, -0.05) is 84.9 Å². The topological polar surface area (TPSA) is 78.9 Å². The van der Waals surface area contributed by atoms with Gasteiger partial charge < -0.3 is 14.2 Å². The van der Waals surface area contributed by atoms with Crippen molar-refractivity contribution < 1.29 is 28.6 Å². The van der Waals surface area contributed by atoms with Crippen LogP contribution in [-0.4, -0.2) is 17.7 Å². The van der Waals surface area contributed by atoms with Gasteiger partial charge >= 0.3 is 11.9 Å². The highest BCUT2D eigenvalue weighted by Crippen LogP contribution is 2.52. The zero-order valence-corrected chi connectivity index (χ0v) is 20.7. The number of hydrogen-bond acceptors (Lipinski definition) is 6. The number of ether oxygens (including phenoxy) is 3. The average molecular weight is 503 g/mol. The quantitative estimate of drug-likeness (QED) is 0.210. The van der Waals surface area contributed by atoms with Crippen LogP contribution >= 0.6 is 0 Å². The van der Waals surface area contributed by atoms with E-state index in [-0.39, 0.29) is 17.3 Å². The average Bonchev–Trinajstić information content (AvgIpc) is 3.23. The first-order valence-electron chi connectivity index (χ1n) is 12.1. The molecule has 0 spiro atoms. The van der Waals surface area contributed by atoms with E-state index < -0.39 is 17.5 Å². The molecule has 38 heavy (non-hydrogen) atoms. The molecule has 186 valence electrons. The van der Waals surface area contributed by atoms with Crippen molar-refractivity contribution in [2.45, 2.75) is 19.4 Å². The molecule has 6 heteroatoms. The molecular weight excluding hydrogens is 480 g/mol. The summed E-state index contributed by atoms with van der Waals surface area (Å²) >= 11 is 0. The molecule has 1 aliphatic heterocycles. The van der Waals surface area contributed by atoms with Crippen LogP contribution < -0.4 is 14.2 Å². The standard InChI is InChI=1S/C32H22O6/c1-19(33)36-28-18-27(24-14-8-9-15-25(24)30(28)37-20(2)34)32(22-11-4-3-5-12-22)31(35)26-17-16-21-10-6-7-13-23(21)29(26)38-32/h3-18H,1-2H3/t32-/m0/s1. The Morgan fingerprint density at radius 1 is 0.711 bits per heavy atom. The zero-order valence-electron chi connectivity index (χ0n) is 20.7. The van der Waals surface area contributed by atoms with Crippen LogP contribution in [0.4, 0.5) is 0 Å². The highest BCUT2D eigenvalue weighted by atomic mass is 16.6. The summed E-state index contributed by atoms with van der Waals surface area (Å²) in [5.41, 5.74) is -0.0485. The highest BCUT2D eigenvalue weighted by molar-refractivity contribution is 6.16. The number of Topliss-reactive ketones (excluding diaryl/α,β-unsaturated/α-hetero) is 1. The van der Waals surface area contributed by atoms with E-state index in [1.807, 2.05) is 72.8 Å². The molecule has 5 aromatic carbocycles. The Morgan fingerprint density at radius 2 is 1.34 bits per heavy atom. The van der Waals surface area contributed by atoms with Crippen molar-refractivity contribution in [1.82, 2.24) is 0 Å². The SMILES string of the molecule is CC(=O)Oc1cc([C@]2(c3ccccc3)Oc3c(ccc4ccccc34)C2=O)c2ccccc2c1OC(C)=O. The van der Waals surface area contributed by atoms with Gasteiger partial charge in [-0.2, -0.15) is 0 Å². The first-order chi connectivity index (χ1) is 18.4. The van der Waals surface area contributed by atoms with Gasteiger partial charge in [-0.05, 0) is 22.9 Å². The van der Waals surface area contributed by atoms with E-state index >= 15 is 0 Å². The van der Waals surface area contributed by atoms with Crippen molar-refractivity contribution in [2.75, 3.05) is 0 Å². The number of fused-ring (bicyclic) bond motifs is 4. The van der Waals surface area contributed by atoms with E-state index in [9.17, 15) is 14.4 Å². The van der Waals surface area contributed by atoms with Gasteiger partial charge in [-0.3, -0.25) is 14.4 Å². The third-order valence-electron chi connectivity index (χ3n) is 6.72. The molecular formula is C32H22O6. The normalized spacial score (nSPS) is 16.2. The summed E-state index contributed by atoms with van der Waals surface area (Å²) in [6, 6.07) is 29.4. The van der Waals surface area contributed by atoms with E-state index in [4.69, 9.17) is 14.2 Å². The maximum Gasteiger partial charge on any atom is 0.308 e. The van der Waals surface area contributed by atoms with Gasteiger partial charge in [0.2, 0.25) is 11.4 Å². The summed E-state index contributed by atoms with van der Waals surface area (Å²) < 4.78 is 17.8. The molecule has 0 saturated heterocycles. The first-order valence-corrected chi connectivity index (χ1v) is 12.1. The molecule has 6 rings (SSSR count). The monoisotopic (exact) mass is 502 g/mol. The van der Waals surface area contributed by atoms with Crippen LogP contribution in [0.2, 0.25) is 0 Å². The number of benzene rings is 5. The van der Waals surface area contributed by atoms with E-state index in [1.165, 1.54) is 13.8 Å². The number of carbonyl (C=O) groups excluding carboxylic acids is 3. The molecule has 0 radical (unpaired) electrons. The van der Waals surface area contributed by atoms with E-state index in [0.717, 1.165) is 10.8 Å². The van der Waals surface area contributed by atoms with Gasteiger partial charge in [0.25, 0.3) is 0 Å². The second-order valence-electron chi connectivity index (χ2n) is 9.13. The summed E-state index contributed by atoms with van der Waals surface area (Å²) in [7, 11) is 0. The third kappa shape index (κ3) is 3.53. The minimum atomic E-state index is -1.59. The maximum atomic E-state index is 14.5. The second-order valence-corrected chi connectivity index (χ2v) is 9.13. The zero-order chi connectivity index (χ0) is 26.4. The maximum absolute atomic E-state index is 14.5. The van der Waals surface area contributed by atoms with Gasteiger partial charge in [-0.25, -0.2) is 0 Å². The van der Waals surface area contributed by atoms with Gasteiger partial charge in [0.05, 0.1) is 5.56 Å². The van der Waals surface area contributed by atoms with E-state index in [2.05, 4.69) is 0 Å². The number of ketones is 1. The fourth-order valence-corrected chi connectivity index (χ4v) is 5.21. The number of rotatable bonds is 4. The predicted octanol–water partition coefficient (Wildman–Crippen LogP) is 6.36. The van der Waals surface area contributed by atoms with Gasteiger partial charge in [0, 0.05) is 35.7 Å². The second kappa shape index (κ2) is 8.85. The largest absolute Gasteiger partial charge is 0.468 e. The number of esters is 2. The Labute approximate surface area is 218 Å². The molecule has 1 aliphatic rings.